The van der Waals surface area contributed by atoms with Crippen LogP contribution >= 0.6 is 35.1 Å². The van der Waals surface area contributed by atoms with E-state index in [-0.39, 0.29) is 18.3 Å². The van der Waals surface area contributed by atoms with E-state index in [0.717, 1.165) is 64.8 Å². The fourth-order valence-corrected chi connectivity index (χ4v) is 5.64. The van der Waals surface area contributed by atoms with Gasteiger partial charge in [0.25, 0.3) is 5.91 Å². The molecule has 2 aromatic heterocycles. The Bertz CT molecular complexity index is 1220. The summed E-state index contributed by atoms with van der Waals surface area (Å²) in [6.07, 6.45) is 0.892. The number of nitrogens with zero attached hydrogens (tertiary/aromatic N) is 4. The Kier molecular flexibility index (Phi) is 7.37. The van der Waals surface area contributed by atoms with Crippen molar-refractivity contribution < 1.29 is 9.53 Å². The molecule has 0 bridgehead atoms. The molecule has 1 amide bonds. The van der Waals surface area contributed by atoms with Gasteiger partial charge >= 0.3 is 0 Å². The Labute approximate surface area is 201 Å². The van der Waals surface area contributed by atoms with Gasteiger partial charge in [0.05, 0.1) is 39.2 Å². The number of benzene rings is 2. The van der Waals surface area contributed by atoms with Crippen molar-refractivity contribution in [3.8, 4) is 0 Å². The van der Waals surface area contributed by atoms with Crippen LogP contribution in [0.25, 0.3) is 20.4 Å². The summed E-state index contributed by atoms with van der Waals surface area (Å²) in [4.78, 5) is 27.0. The molecule has 0 spiro atoms. The van der Waals surface area contributed by atoms with E-state index in [1.807, 2.05) is 34.7 Å². The molecule has 4 aromatic rings. The molecule has 0 N–H and O–H groups in total. The number of hydrogen-bond acceptors (Lipinski definition) is 7. The molecule has 168 valence electrons. The summed E-state index contributed by atoms with van der Waals surface area (Å²) in [6.45, 7) is 7.14. The van der Waals surface area contributed by atoms with E-state index in [9.17, 15) is 4.79 Å². The molecular weight excluding hydrogens is 464 g/mol. The van der Waals surface area contributed by atoms with Crippen LogP contribution in [0.2, 0.25) is 0 Å². The molecule has 1 aliphatic heterocycles. The topological polar surface area (TPSA) is 58.6 Å². The van der Waals surface area contributed by atoms with Crippen molar-refractivity contribution >= 4 is 66.6 Å². The zero-order valence-corrected chi connectivity index (χ0v) is 20.3. The van der Waals surface area contributed by atoms with Crippen LogP contribution in [0.4, 0.5) is 5.13 Å². The van der Waals surface area contributed by atoms with Crippen molar-refractivity contribution in [1.29, 1.82) is 0 Å². The molecule has 0 atom stereocenters. The van der Waals surface area contributed by atoms with E-state index >= 15 is 0 Å². The molecule has 5 rings (SSSR count). The Morgan fingerprint density at radius 3 is 2.78 bits per heavy atom. The summed E-state index contributed by atoms with van der Waals surface area (Å²) < 4.78 is 7.58. The van der Waals surface area contributed by atoms with Crippen molar-refractivity contribution in [3.63, 3.8) is 0 Å². The van der Waals surface area contributed by atoms with Crippen LogP contribution in [0.5, 0.6) is 0 Å². The average Bonchev–Trinajstić information content (AvgIpc) is 3.42. The van der Waals surface area contributed by atoms with Gasteiger partial charge in [-0.3, -0.25) is 14.6 Å². The first-order valence-electron chi connectivity index (χ1n) is 10.5. The van der Waals surface area contributed by atoms with E-state index in [1.54, 1.807) is 22.7 Å². The third-order valence-electron chi connectivity index (χ3n) is 5.55. The lowest BCUT2D eigenvalue weighted by Crippen LogP contribution is -2.39. The number of ether oxygens (including phenoxy) is 1. The van der Waals surface area contributed by atoms with Crippen LogP contribution < -0.4 is 4.90 Å². The first kappa shape index (κ1) is 23.1. The summed E-state index contributed by atoms with van der Waals surface area (Å²) >= 11 is 3.14. The highest BCUT2D eigenvalue weighted by atomic mass is 35.5. The van der Waals surface area contributed by atoms with Gasteiger partial charge in [-0.15, -0.1) is 23.7 Å². The molecule has 32 heavy (non-hydrogen) atoms. The number of anilines is 1. The fourth-order valence-electron chi connectivity index (χ4n) is 3.84. The van der Waals surface area contributed by atoms with Crippen molar-refractivity contribution in [3.05, 3.63) is 53.0 Å². The first-order chi connectivity index (χ1) is 15.2. The predicted molar refractivity (Wildman–Crippen MR) is 135 cm³/mol. The zero-order valence-electron chi connectivity index (χ0n) is 17.8. The number of aromatic nitrogens is 2. The van der Waals surface area contributed by atoms with Gasteiger partial charge in [-0.25, -0.2) is 9.97 Å². The number of aryl methyl sites for hydroxylation is 1. The molecule has 2 aromatic carbocycles. The predicted octanol–water partition coefficient (Wildman–Crippen LogP) is 5.01. The second-order valence-electron chi connectivity index (χ2n) is 7.77. The minimum Gasteiger partial charge on any atom is -0.379 e. The Morgan fingerprint density at radius 1 is 1.12 bits per heavy atom. The molecular formula is C23H25ClN4O2S2. The lowest BCUT2D eigenvalue weighted by Gasteiger charge is -2.27. The highest BCUT2D eigenvalue weighted by Crippen LogP contribution is 2.31. The van der Waals surface area contributed by atoms with Gasteiger partial charge in [-0.2, -0.15) is 0 Å². The summed E-state index contributed by atoms with van der Waals surface area (Å²) in [5, 5.41) is 0.761. The number of carbonyl (C=O) groups is 1. The number of rotatable bonds is 6. The van der Waals surface area contributed by atoms with Crippen molar-refractivity contribution in [2.45, 2.75) is 13.3 Å². The highest BCUT2D eigenvalue weighted by Gasteiger charge is 2.22. The van der Waals surface area contributed by atoms with Crippen LogP contribution in [-0.4, -0.2) is 60.2 Å². The Hall–Kier alpha value is -2.10. The third-order valence-corrected chi connectivity index (χ3v) is 7.38. The molecule has 9 heteroatoms. The lowest BCUT2D eigenvalue weighted by molar-refractivity contribution is 0.0376. The maximum Gasteiger partial charge on any atom is 0.260 e. The number of carbonyl (C=O) groups excluding carboxylic acids is 1. The molecule has 0 radical (unpaired) electrons. The third kappa shape index (κ3) is 4.94. The maximum absolute atomic E-state index is 13.6. The van der Waals surface area contributed by atoms with Crippen LogP contribution in [0.15, 0.2) is 41.9 Å². The first-order valence-corrected chi connectivity index (χ1v) is 12.2. The minimum absolute atomic E-state index is 0. The fraction of sp³-hybridized carbons (Fsp3) is 0.348. The van der Waals surface area contributed by atoms with Crippen LogP contribution in [0, 0.1) is 6.92 Å². The standard InChI is InChI=1S/C23H24N4O2S2.ClH/c1-16-3-5-19-21(13-16)31-23(25-19)27(8-2-7-26-9-11-29-12-10-26)22(28)17-4-6-18-20(14-17)30-15-24-18;/h3-6,13-15H,2,7-12H2,1H3;1H. The maximum atomic E-state index is 13.6. The van der Waals surface area contributed by atoms with Gasteiger partial charge in [-0.05, 0) is 49.2 Å². The monoisotopic (exact) mass is 488 g/mol. The van der Waals surface area contributed by atoms with E-state index in [4.69, 9.17) is 9.72 Å². The second-order valence-corrected chi connectivity index (χ2v) is 9.66. The molecule has 0 unspecified atom stereocenters. The summed E-state index contributed by atoms with van der Waals surface area (Å²) in [5.41, 5.74) is 5.56. The van der Waals surface area contributed by atoms with Gasteiger partial charge < -0.3 is 4.74 Å². The average molecular weight is 489 g/mol. The van der Waals surface area contributed by atoms with Crippen LogP contribution in [-0.2, 0) is 4.74 Å². The van der Waals surface area contributed by atoms with Crippen LogP contribution in [0.1, 0.15) is 22.3 Å². The van der Waals surface area contributed by atoms with Crippen LogP contribution in [0.3, 0.4) is 0 Å². The van der Waals surface area contributed by atoms with Gasteiger partial charge in [0.1, 0.15) is 0 Å². The number of morpholine rings is 1. The summed E-state index contributed by atoms with van der Waals surface area (Å²) in [5.74, 6) is -0.00643. The SMILES string of the molecule is Cc1ccc2nc(N(CCCN3CCOCC3)C(=O)c3ccc4ncsc4c3)sc2c1.Cl. The number of hydrogen-bond donors (Lipinski definition) is 0. The smallest absolute Gasteiger partial charge is 0.260 e. The van der Waals surface area contributed by atoms with E-state index in [1.165, 1.54) is 5.56 Å². The molecule has 3 heterocycles. The van der Waals surface area contributed by atoms with E-state index < -0.39 is 0 Å². The Morgan fingerprint density at radius 2 is 1.94 bits per heavy atom. The van der Waals surface area contributed by atoms with Crippen molar-refractivity contribution in [2.24, 2.45) is 0 Å². The number of amides is 1. The molecule has 0 aliphatic carbocycles. The normalized spacial score (nSPS) is 14.5. The largest absolute Gasteiger partial charge is 0.379 e. The Balaban J connectivity index is 0.00000245. The van der Waals surface area contributed by atoms with Gasteiger partial charge in [0.2, 0.25) is 0 Å². The van der Waals surface area contributed by atoms with Crippen molar-refractivity contribution in [1.82, 2.24) is 14.9 Å². The molecule has 0 saturated carbocycles. The summed E-state index contributed by atoms with van der Waals surface area (Å²) in [7, 11) is 0. The molecule has 1 fully saturated rings. The minimum atomic E-state index is -0.00643. The van der Waals surface area contributed by atoms with Crippen molar-refractivity contribution in [2.75, 3.05) is 44.3 Å². The lowest BCUT2D eigenvalue weighted by atomic mass is 10.2. The molecule has 1 aliphatic rings. The van der Waals surface area contributed by atoms with Gasteiger partial charge in [0, 0.05) is 31.7 Å². The quantitative estimate of drug-likeness (QED) is 0.382. The highest BCUT2D eigenvalue weighted by molar-refractivity contribution is 7.22. The number of fused-ring (bicyclic) bond motifs is 2. The number of halogens is 1. The van der Waals surface area contributed by atoms with E-state index in [2.05, 4.69) is 28.9 Å². The van der Waals surface area contributed by atoms with Gasteiger partial charge in [-0.1, -0.05) is 17.4 Å². The molecule has 1 saturated heterocycles. The number of thiazole rings is 2. The van der Waals surface area contributed by atoms with Gasteiger partial charge in [0.15, 0.2) is 5.13 Å². The second kappa shape index (κ2) is 10.2. The summed E-state index contributed by atoms with van der Waals surface area (Å²) in [6, 6.07) is 12.0. The van der Waals surface area contributed by atoms with E-state index in [0.29, 0.717) is 12.1 Å². The zero-order chi connectivity index (χ0) is 21.2. The molecule has 6 nitrogen and oxygen atoms in total.